The van der Waals surface area contributed by atoms with Crippen molar-refractivity contribution in [2.45, 2.75) is 59.8 Å². The Balaban J connectivity index is 2.02. The molecule has 4 aromatic rings. The van der Waals surface area contributed by atoms with Crippen LogP contribution >= 0.6 is 11.3 Å². The molecular weight excluding hydrogens is 428 g/mol. The Morgan fingerprint density at radius 2 is 1.25 bits per heavy atom. The number of hydrogen-bond donors (Lipinski definition) is 0. The van der Waals surface area contributed by atoms with Gasteiger partial charge < -0.3 is 0 Å². The van der Waals surface area contributed by atoms with Gasteiger partial charge in [0.25, 0.3) is 0 Å². The summed E-state index contributed by atoms with van der Waals surface area (Å²) in [5, 5.41) is 1.74. The van der Waals surface area contributed by atoms with Crippen molar-refractivity contribution in [1.29, 1.82) is 0 Å². The molecule has 0 aliphatic heterocycles. The van der Waals surface area contributed by atoms with Crippen LogP contribution in [0, 0.1) is 48.5 Å². The van der Waals surface area contributed by atoms with Gasteiger partial charge in [-0.15, -0.1) is 11.3 Å². The molecule has 0 saturated heterocycles. The van der Waals surface area contributed by atoms with Crippen molar-refractivity contribution in [2.24, 2.45) is 0 Å². The number of benzene rings is 3. The first-order chi connectivity index (χ1) is 15.1. The zero-order valence-corrected chi connectivity index (χ0v) is 22.4. The quantitative estimate of drug-likeness (QED) is 0.229. The molecule has 3 heteroatoms. The zero-order chi connectivity index (χ0) is 23.5. The second-order valence-corrected chi connectivity index (χ2v) is 12.4. The topological polar surface area (TPSA) is 17.1 Å². The van der Waals surface area contributed by atoms with Gasteiger partial charge in [0.2, 0.25) is 0 Å². The Hall–Kier alpha value is -2.10. The average Bonchev–Trinajstić information content (AvgIpc) is 2.75. The van der Waals surface area contributed by atoms with Crippen molar-refractivity contribution in [2.75, 3.05) is 12.5 Å². The molecule has 32 heavy (non-hydrogen) atoms. The van der Waals surface area contributed by atoms with Gasteiger partial charge >= 0.3 is 0 Å². The zero-order valence-electron chi connectivity index (χ0n) is 20.7. The summed E-state index contributed by atoms with van der Waals surface area (Å²) in [4.78, 5) is 14.9. The summed E-state index contributed by atoms with van der Waals surface area (Å²) >= 11 is 1.76. The van der Waals surface area contributed by atoms with Crippen LogP contribution in [0.2, 0.25) is 0 Å². The lowest BCUT2D eigenvalue weighted by atomic mass is 9.85. The molecule has 0 saturated carbocycles. The van der Waals surface area contributed by atoms with Crippen molar-refractivity contribution in [3.63, 3.8) is 0 Å². The fraction of sp³-hybridized carbons (Fsp3) is 0.345. The summed E-state index contributed by atoms with van der Waals surface area (Å²) < 4.78 is 2.22. The molecule has 0 bridgehead atoms. The predicted molar refractivity (Wildman–Crippen MR) is 145 cm³/mol. The highest BCUT2D eigenvalue weighted by Crippen LogP contribution is 2.37. The lowest BCUT2D eigenvalue weighted by Gasteiger charge is -2.21. The highest BCUT2D eigenvalue weighted by Gasteiger charge is 2.24. The Bertz CT molecular complexity index is 1430. The van der Waals surface area contributed by atoms with E-state index in [1.807, 2.05) is 18.2 Å². The molecule has 0 amide bonds. The van der Waals surface area contributed by atoms with Crippen LogP contribution < -0.4 is 5.43 Å². The fourth-order valence-corrected chi connectivity index (χ4v) is 8.05. The maximum atomic E-state index is 13.4. The molecule has 0 aliphatic rings. The van der Waals surface area contributed by atoms with Crippen LogP contribution in [0.15, 0.2) is 34.0 Å². The minimum atomic E-state index is 0.172. The third-order valence-electron chi connectivity index (χ3n) is 7.45. The predicted octanol–water partition coefficient (Wildman–Crippen LogP) is 7.40. The van der Waals surface area contributed by atoms with Crippen LogP contribution in [0.5, 0.6) is 0 Å². The van der Waals surface area contributed by atoms with Gasteiger partial charge in [-0.05, 0) is 106 Å². The minimum Gasteiger partial charge on any atom is -0.288 e. The molecule has 166 valence electrons. The number of rotatable bonds is 3. The van der Waals surface area contributed by atoms with E-state index in [9.17, 15) is 4.79 Å². The van der Waals surface area contributed by atoms with Gasteiger partial charge in [-0.3, -0.25) is 4.79 Å². The van der Waals surface area contributed by atoms with Crippen molar-refractivity contribution in [1.82, 2.24) is 0 Å². The van der Waals surface area contributed by atoms with Gasteiger partial charge in [-0.25, -0.2) is 0 Å². The molecule has 1 aromatic heterocycles. The first-order valence-corrected chi connectivity index (χ1v) is 14.0. The molecule has 1 heterocycles. The van der Waals surface area contributed by atoms with E-state index < -0.39 is 0 Å². The molecule has 0 unspecified atom stereocenters. The highest BCUT2D eigenvalue weighted by molar-refractivity contribution is 7.95. The monoisotopic (exact) mass is 461 g/mol. The normalized spacial score (nSPS) is 11.8. The van der Waals surface area contributed by atoms with Crippen LogP contribution in [-0.2, 0) is 17.3 Å². The van der Waals surface area contributed by atoms with Gasteiger partial charge in [0.05, 0.1) is 0 Å². The van der Waals surface area contributed by atoms with Crippen molar-refractivity contribution in [3.05, 3.63) is 84.6 Å². The first-order valence-electron chi connectivity index (χ1n) is 11.2. The summed E-state index contributed by atoms with van der Waals surface area (Å²) in [7, 11) is 0.242. The maximum Gasteiger partial charge on any atom is 0.196 e. The summed E-state index contributed by atoms with van der Waals surface area (Å²) in [6, 6.07) is 8.02. The Labute approximate surface area is 198 Å². The standard InChI is InChI=1S/C29H33OS2/c1-15-18(4)26-27(30)22-12-10-11-13-25(22)31-28(26)21(7)24(15)14-23-16(2)19(5)29(32(8)9)20(6)17(23)3/h10-13H,14H2,1-9H3/q+1. The molecule has 0 spiro atoms. The minimum absolute atomic E-state index is 0.172. The van der Waals surface area contributed by atoms with E-state index in [2.05, 4.69) is 67.0 Å². The Morgan fingerprint density at radius 3 is 1.84 bits per heavy atom. The van der Waals surface area contributed by atoms with Gasteiger partial charge in [-0.2, -0.15) is 0 Å². The highest BCUT2D eigenvalue weighted by atomic mass is 32.2. The smallest absolute Gasteiger partial charge is 0.196 e. The molecular formula is C29H33OS2+. The summed E-state index contributed by atoms with van der Waals surface area (Å²) in [5.74, 6) is 0. The second-order valence-electron chi connectivity index (χ2n) is 9.29. The SMILES string of the molecule is Cc1c(C)c([S+](C)C)c(C)c(C)c1Cc1c(C)c(C)c2c(=O)c3ccccc3sc2c1C. The molecule has 4 rings (SSSR count). The Morgan fingerprint density at radius 1 is 0.719 bits per heavy atom. The van der Waals surface area contributed by atoms with E-state index in [0.717, 1.165) is 32.2 Å². The largest absolute Gasteiger partial charge is 0.288 e. The summed E-state index contributed by atoms with van der Waals surface area (Å²) in [6.07, 6.45) is 5.56. The van der Waals surface area contributed by atoms with Crippen LogP contribution in [-0.4, -0.2) is 12.5 Å². The van der Waals surface area contributed by atoms with E-state index in [-0.39, 0.29) is 16.3 Å². The number of fused-ring (bicyclic) bond motifs is 2. The number of aryl methyl sites for hydroxylation is 2. The van der Waals surface area contributed by atoms with Crippen LogP contribution in [0.4, 0.5) is 0 Å². The van der Waals surface area contributed by atoms with Crippen molar-refractivity contribution in [3.8, 4) is 0 Å². The van der Waals surface area contributed by atoms with E-state index in [1.165, 1.54) is 49.4 Å². The number of hydrogen-bond acceptors (Lipinski definition) is 2. The van der Waals surface area contributed by atoms with Crippen LogP contribution in [0.1, 0.15) is 50.1 Å². The van der Waals surface area contributed by atoms with Gasteiger partial charge in [0.15, 0.2) is 10.3 Å². The molecule has 0 atom stereocenters. The summed E-state index contributed by atoms with van der Waals surface area (Å²) in [5.41, 5.74) is 12.4. The molecule has 0 radical (unpaired) electrons. The first kappa shape index (κ1) is 23.1. The molecule has 1 nitrogen and oxygen atoms in total. The Kier molecular flexibility index (Phi) is 6.02. The van der Waals surface area contributed by atoms with Crippen molar-refractivity contribution >= 4 is 42.4 Å². The van der Waals surface area contributed by atoms with Crippen LogP contribution in [0.25, 0.3) is 20.2 Å². The van der Waals surface area contributed by atoms with Crippen molar-refractivity contribution < 1.29 is 0 Å². The van der Waals surface area contributed by atoms with E-state index in [4.69, 9.17) is 0 Å². The fourth-order valence-electron chi connectivity index (χ4n) is 5.25. The lowest BCUT2D eigenvalue weighted by molar-refractivity contribution is 1.02. The lowest BCUT2D eigenvalue weighted by Crippen LogP contribution is -2.12. The maximum absolute atomic E-state index is 13.4. The van der Waals surface area contributed by atoms with Gasteiger partial charge in [-0.1, -0.05) is 12.1 Å². The average molecular weight is 462 g/mol. The second kappa shape index (κ2) is 8.35. The van der Waals surface area contributed by atoms with Crippen LogP contribution in [0.3, 0.4) is 0 Å². The van der Waals surface area contributed by atoms with Gasteiger partial charge in [0, 0.05) is 42.2 Å². The molecule has 0 aliphatic carbocycles. The molecule has 3 aromatic carbocycles. The van der Waals surface area contributed by atoms with E-state index in [1.54, 1.807) is 11.3 Å². The van der Waals surface area contributed by atoms with E-state index >= 15 is 0 Å². The molecule has 0 N–H and O–H groups in total. The molecule has 0 fully saturated rings. The van der Waals surface area contributed by atoms with E-state index in [0.29, 0.717) is 0 Å². The third-order valence-corrected chi connectivity index (χ3v) is 10.2. The van der Waals surface area contributed by atoms with Gasteiger partial charge in [0.1, 0.15) is 12.5 Å². The third kappa shape index (κ3) is 3.41. The summed E-state index contributed by atoms with van der Waals surface area (Å²) in [6.45, 7) is 15.7.